The molecule has 0 radical (unpaired) electrons. The molecular weight excluding hydrogens is 256 g/mol. The molecule has 20 heavy (non-hydrogen) atoms. The number of nitrogens with zero attached hydrogens (tertiary/aromatic N) is 1. The van der Waals surface area contributed by atoms with E-state index in [9.17, 15) is 0 Å². The molecule has 1 aromatic carbocycles. The van der Waals surface area contributed by atoms with Crippen molar-refractivity contribution >= 4 is 0 Å². The molecule has 0 aliphatic rings. The molecule has 0 unspecified atom stereocenters. The lowest BCUT2D eigenvalue weighted by atomic mass is 10.2. The van der Waals surface area contributed by atoms with Crippen LogP contribution in [-0.4, -0.2) is 26.3 Å². The van der Waals surface area contributed by atoms with Gasteiger partial charge in [0.1, 0.15) is 0 Å². The number of hydrogen-bond acceptors (Lipinski definition) is 5. The minimum Gasteiger partial charge on any atom is -0.493 e. The maximum absolute atomic E-state index is 5.90. The summed E-state index contributed by atoms with van der Waals surface area (Å²) in [7, 11) is 5.06. The molecule has 0 saturated carbocycles. The lowest BCUT2D eigenvalue weighted by Crippen LogP contribution is -2.07. The van der Waals surface area contributed by atoms with Gasteiger partial charge in [-0.1, -0.05) is 12.1 Å². The average Bonchev–Trinajstić information content (AvgIpc) is 2.49. The second kappa shape index (κ2) is 6.77. The number of rotatable bonds is 6. The highest BCUT2D eigenvalue weighted by atomic mass is 16.5. The van der Waals surface area contributed by atoms with E-state index in [1.807, 2.05) is 37.4 Å². The summed E-state index contributed by atoms with van der Waals surface area (Å²) < 4.78 is 16.5. The number of hydrogen-bond donors (Lipinski definition) is 1. The molecule has 0 spiro atoms. The first kappa shape index (κ1) is 14.1. The van der Waals surface area contributed by atoms with E-state index in [4.69, 9.17) is 14.2 Å². The van der Waals surface area contributed by atoms with E-state index in [0.717, 1.165) is 5.56 Å². The number of aromatic nitrogens is 1. The topological polar surface area (TPSA) is 52.6 Å². The van der Waals surface area contributed by atoms with Gasteiger partial charge in [0.05, 0.1) is 14.2 Å². The van der Waals surface area contributed by atoms with Crippen LogP contribution in [0.4, 0.5) is 0 Å². The average molecular weight is 274 g/mol. The van der Waals surface area contributed by atoms with Crippen molar-refractivity contribution in [3.05, 3.63) is 42.1 Å². The minimum atomic E-state index is 0.522. The van der Waals surface area contributed by atoms with Gasteiger partial charge in [-0.25, -0.2) is 4.98 Å². The number of methoxy groups -OCH3 is 2. The van der Waals surface area contributed by atoms with E-state index in [2.05, 4.69) is 10.3 Å². The summed E-state index contributed by atoms with van der Waals surface area (Å²) >= 11 is 0. The molecule has 0 atom stereocenters. The monoisotopic (exact) mass is 274 g/mol. The molecule has 1 N–H and O–H groups in total. The van der Waals surface area contributed by atoms with Crippen LogP contribution in [0.25, 0.3) is 0 Å². The van der Waals surface area contributed by atoms with Crippen molar-refractivity contribution in [2.24, 2.45) is 0 Å². The van der Waals surface area contributed by atoms with E-state index in [0.29, 0.717) is 29.7 Å². The Hall–Kier alpha value is -2.27. The molecule has 2 aromatic rings. The van der Waals surface area contributed by atoms with Crippen LogP contribution in [0.15, 0.2) is 36.5 Å². The van der Waals surface area contributed by atoms with Crippen molar-refractivity contribution < 1.29 is 14.2 Å². The van der Waals surface area contributed by atoms with Crippen LogP contribution < -0.4 is 19.5 Å². The summed E-state index contributed by atoms with van der Waals surface area (Å²) in [5.41, 5.74) is 0.961. The molecular formula is C15H18N2O3. The summed E-state index contributed by atoms with van der Waals surface area (Å²) in [5.74, 6) is 2.26. The fourth-order valence-electron chi connectivity index (χ4n) is 1.86. The van der Waals surface area contributed by atoms with Gasteiger partial charge in [-0.2, -0.15) is 0 Å². The minimum absolute atomic E-state index is 0.522. The van der Waals surface area contributed by atoms with Gasteiger partial charge < -0.3 is 19.5 Å². The fourth-order valence-corrected chi connectivity index (χ4v) is 1.86. The second-order valence-corrected chi connectivity index (χ2v) is 4.09. The molecule has 5 heteroatoms. The van der Waals surface area contributed by atoms with Crippen molar-refractivity contribution in [3.8, 4) is 23.1 Å². The lowest BCUT2D eigenvalue weighted by molar-refractivity contribution is 0.340. The highest BCUT2D eigenvalue weighted by molar-refractivity contribution is 5.53. The van der Waals surface area contributed by atoms with Crippen LogP contribution in [0.5, 0.6) is 23.1 Å². The highest BCUT2D eigenvalue weighted by Gasteiger charge is 2.14. The van der Waals surface area contributed by atoms with Crippen LogP contribution in [-0.2, 0) is 6.54 Å². The maximum Gasteiger partial charge on any atom is 0.224 e. The van der Waals surface area contributed by atoms with Crippen LogP contribution in [0.1, 0.15) is 5.56 Å². The Labute approximate surface area is 118 Å². The molecule has 0 saturated heterocycles. The summed E-state index contributed by atoms with van der Waals surface area (Å²) in [6.07, 6.45) is 1.69. The van der Waals surface area contributed by atoms with Crippen LogP contribution in [0.3, 0.4) is 0 Å². The van der Waals surface area contributed by atoms with Gasteiger partial charge >= 0.3 is 0 Å². The molecule has 0 bridgehead atoms. The molecule has 2 rings (SSSR count). The standard InChI is InChI=1S/C15H18N2O3/c1-16-10-11-6-5-9-17-15(11)20-14-12(18-2)7-4-8-13(14)19-3/h4-9,16H,10H2,1-3H3. The number of pyridine rings is 1. The summed E-state index contributed by atoms with van der Waals surface area (Å²) in [6, 6.07) is 9.31. The number of nitrogens with one attached hydrogen (secondary N) is 1. The summed E-state index contributed by atoms with van der Waals surface area (Å²) in [4.78, 5) is 4.27. The number of benzene rings is 1. The van der Waals surface area contributed by atoms with E-state index >= 15 is 0 Å². The molecule has 1 aromatic heterocycles. The zero-order valence-electron chi connectivity index (χ0n) is 11.8. The zero-order valence-corrected chi connectivity index (χ0v) is 11.8. The summed E-state index contributed by atoms with van der Waals surface area (Å²) in [5, 5.41) is 3.08. The third-order valence-electron chi connectivity index (χ3n) is 2.80. The van der Waals surface area contributed by atoms with Crippen molar-refractivity contribution in [2.75, 3.05) is 21.3 Å². The lowest BCUT2D eigenvalue weighted by Gasteiger charge is -2.15. The predicted octanol–water partition coefficient (Wildman–Crippen LogP) is 2.61. The zero-order chi connectivity index (χ0) is 14.4. The molecule has 5 nitrogen and oxygen atoms in total. The fraction of sp³-hybridized carbons (Fsp3) is 0.267. The smallest absolute Gasteiger partial charge is 0.224 e. The number of ether oxygens (including phenoxy) is 3. The first-order valence-corrected chi connectivity index (χ1v) is 6.27. The van der Waals surface area contributed by atoms with E-state index in [1.165, 1.54) is 0 Å². The predicted molar refractivity (Wildman–Crippen MR) is 76.6 cm³/mol. The van der Waals surface area contributed by atoms with Crippen molar-refractivity contribution in [2.45, 2.75) is 6.54 Å². The maximum atomic E-state index is 5.90. The third kappa shape index (κ3) is 3.00. The molecule has 0 aliphatic heterocycles. The quantitative estimate of drug-likeness (QED) is 0.877. The Kier molecular flexibility index (Phi) is 4.79. The van der Waals surface area contributed by atoms with Gasteiger partial charge in [-0.15, -0.1) is 0 Å². The normalized spacial score (nSPS) is 10.2. The third-order valence-corrected chi connectivity index (χ3v) is 2.80. The first-order chi connectivity index (χ1) is 9.80. The van der Waals surface area contributed by atoms with Gasteiger partial charge in [-0.3, -0.25) is 0 Å². The molecule has 106 valence electrons. The van der Waals surface area contributed by atoms with Crippen LogP contribution in [0.2, 0.25) is 0 Å². The molecule has 0 aliphatic carbocycles. The molecule has 0 fully saturated rings. The first-order valence-electron chi connectivity index (χ1n) is 6.27. The largest absolute Gasteiger partial charge is 0.493 e. The second-order valence-electron chi connectivity index (χ2n) is 4.09. The van der Waals surface area contributed by atoms with Gasteiger partial charge in [0.15, 0.2) is 11.5 Å². The Balaban J connectivity index is 2.39. The molecule has 1 heterocycles. The Bertz CT molecular complexity index is 551. The van der Waals surface area contributed by atoms with Gasteiger partial charge in [0.25, 0.3) is 0 Å². The van der Waals surface area contributed by atoms with Crippen molar-refractivity contribution in [1.29, 1.82) is 0 Å². The number of para-hydroxylation sites is 1. The van der Waals surface area contributed by atoms with E-state index < -0.39 is 0 Å². The van der Waals surface area contributed by atoms with E-state index in [-0.39, 0.29) is 0 Å². The highest BCUT2D eigenvalue weighted by Crippen LogP contribution is 2.40. The van der Waals surface area contributed by atoms with Gasteiger partial charge in [0, 0.05) is 18.3 Å². The SMILES string of the molecule is CNCc1cccnc1Oc1c(OC)cccc1OC. The Morgan fingerprint density at radius 2 is 1.75 bits per heavy atom. The summed E-state index contributed by atoms with van der Waals surface area (Å²) in [6.45, 7) is 0.667. The van der Waals surface area contributed by atoms with Crippen molar-refractivity contribution in [1.82, 2.24) is 10.3 Å². The Morgan fingerprint density at radius 3 is 2.35 bits per heavy atom. The van der Waals surface area contributed by atoms with Crippen molar-refractivity contribution in [3.63, 3.8) is 0 Å². The van der Waals surface area contributed by atoms with Gasteiger partial charge in [0.2, 0.25) is 11.6 Å². The van der Waals surface area contributed by atoms with Crippen LogP contribution >= 0.6 is 0 Å². The molecule has 0 amide bonds. The van der Waals surface area contributed by atoms with Gasteiger partial charge in [-0.05, 0) is 25.2 Å². The van der Waals surface area contributed by atoms with Crippen LogP contribution in [0, 0.1) is 0 Å². The Morgan fingerprint density at radius 1 is 1.05 bits per heavy atom. The van der Waals surface area contributed by atoms with E-state index in [1.54, 1.807) is 20.4 Å².